The summed E-state index contributed by atoms with van der Waals surface area (Å²) in [6.07, 6.45) is 2.96. The molecule has 0 bridgehead atoms. The topological polar surface area (TPSA) is 67.1 Å². The van der Waals surface area contributed by atoms with E-state index in [1.54, 1.807) is 7.05 Å². The van der Waals surface area contributed by atoms with Gasteiger partial charge in [-0.05, 0) is 55.3 Å². The number of rotatable bonds is 7. The zero-order valence-corrected chi connectivity index (χ0v) is 20.5. The molecule has 0 fully saturated rings. The van der Waals surface area contributed by atoms with Crippen molar-refractivity contribution >= 4 is 41.3 Å². The van der Waals surface area contributed by atoms with E-state index in [-0.39, 0.29) is 24.0 Å². The molecular weight excluding hydrogens is 495 g/mol. The average molecular weight is 524 g/mol. The highest BCUT2D eigenvalue weighted by Gasteiger charge is 2.07. The van der Waals surface area contributed by atoms with E-state index in [2.05, 4.69) is 56.2 Å². The number of aryl methyl sites for hydroxylation is 2. The first-order valence-corrected chi connectivity index (χ1v) is 10.4. The van der Waals surface area contributed by atoms with Gasteiger partial charge in [-0.3, -0.25) is 4.99 Å². The maximum atomic E-state index is 4.54. The summed E-state index contributed by atoms with van der Waals surface area (Å²) in [5, 5.41) is 13.4. The van der Waals surface area contributed by atoms with Crippen LogP contribution in [-0.2, 0) is 13.0 Å². The van der Waals surface area contributed by atoms with Crippen LogP contribution < -0.4 is 10.6 Å². The van der Waals surface area contributed by atoms with Crippen molar-refractivity contribution < 1.29 is 0 Å². The van der Waals surface area contributed by atoms with Gasteiger partial charge in [0.05, 0.1) is 5.69 Å². The summed E-state index contributed by atoms with van der Waals surface area (Å²) >= 11 is 1.81. The van der Waals surface area contributed by atoms with Gasteiger partial charge in [-0.25, -0.2) is 9.67 Å². The van der Waals surface area contributed by atoms with E-state index < -0.39 is 0 Å². The zero-order chi connectivity index (χ0) is 19.9. The molecule has 0 aliphatic rings. The molecule has 3 rings (SSSR count). The number of hydrogen-bond acceptors (Lipinski definition) is 4. The molecule has 1 unspecified atom stereocenters. The van der Waals surface area contributed by atoms with Crippen LogP contribution >= 0.6 is 35.3 Å². The quantitative estimate of drug-likeness (QED) is 0.278. The van der Waals surface area contributed by atoms with E-state index in [4.69, 9.17) is 0 Å². The second-order valence-electron chi connectivity index (χ2n) is 7.06. The van der Waals surface area contributed by atoms with Crippen molar-refractivity contribution in [2.75, 3.05) is 13.6 Å². The van der Waals surface area contributed by atoms with E-state index in [9.17, 15) is 0 Å². The highest BCUT2D eigenvalue weighted by molar-refractivity contribution is 14.0. The highest BCUT2D eigenvalue weighted by Crippen LogP contribution is 2.14. The minimum absolute atomic E-state index is 0. The fourth-order valence-corrected chi connectivity index (χ4v) is 3.90. The molecular formula is C21H29IN6S. The molecule has 0 radical (unpaired) electrons. The molecule has 1 atom stereocenters. The Morgan fingerprint density at radius 1 is 1.24 bits per heavy atom. The Hall–Kier alpha value is -1.94. The van der Waals surface area contributed by atoms with E-state index in [1.165, 1.54) is 4.88 Å². The van der Waals surface area contributed by atoms with Crippen LogP contribution in [0.25, 0.3) is 5.82 Å². The third kappa shape index (κ3) is 6.81. The average Bonchev–Trinajstić information content (AvgIpc) is 3.31. The van der Waals surface area contributed by atoms with Gasteiger partial charge in [-0.1, -0.05) is 19.1 Å². The van der Waals surface area contributed by atoms with Gasteiger partial charge in [0.15, 0.2) is 11.8 Å². The second-order valence-corrected chi connectivity index (χ2v) is 8.09. The summed E-state index contributed by atoms with van der Waals surface area (Å²) in [7, 11) is 1.80. The molecule has 6 nitrogen and oxygen atoms in total. The smallest absolute Gasteiger partial charge is 0.191 e. The Morgan fingerprint density at radius 2 is 2.07 bits per heavy atom. The molecule has 0 saturated carbocycles. The predicted molar refractivity (Wildman–Crippen MR) is 132 cm³/mol. The summed E-state index contributed by atoms with van der Waals surface area (Å²) < 4.78 is 1.86. The van der Waals surface area contributed by atoms with Crippen LogP contribution in [0.5, 0.6) is 0 Å². The molecule has 3 heterocycles. The highest BCUT2D eigenvalue weighted by atomic mass is 127. The lowest BCUT2D eigenvalue weighted by molar-refractivity contribution is 0.562. The fraction of sp³-hybridized carbons (Fsp3) is 0.381. The molecule has 0 saturated heterocycles. The van der Waals surface area contributed by atoms with Crippen LogP contribution in [-0.4, -0.2) is 34.3 Å². The number of hydrogen-bond donors (Lipinski definition) is 2. The number of nitrogens with one attached hydrogen (secondary N) is 2. The first-order valence-electron chi connectivity index (χ1n) is 9.50. The van der Waals surface area contributed by atoms with Crippen molar-refractivity contribution in [2.24, 2.45) is 10.9 Å². The standard InChI is InChI=1S/C21H28N6S.HI/c1-15(10-19-6-5-9-28-19)12-24-21(22-4)25-14-18-7-8-20(23-13-18)27-17(3)11-16(2)26-27;/h5-9,11,13,15H,10,12,14H2,1-4H3,(H2,22,24,25);1H. The SMILES string of the molecule is CN=C(NCc1ccc(-n2nc(C)cc2C)nc1)NCC(C)Cc1cccs1.I. The number of aliphatic imine (C=N–C) groups is 1. The lowest BCUT2D eigenvalue weighted by Crippen LogP contribution is -2.39. The molecule has 0 amide bonds. The van der Waals surface area contributed by atoms with Crippen molar-refractivity contribution in [1.82, 2.24) is 25.4 Å². The molecule has 29 heavy (non-hydrogen) atoms. The Kier molecular flexibility index (Phi) is 9.09. The summed E-state index contributed by atoms with van der Waals surface area (Å²) in [6.45, 7) is 7.83. The number of aromatic nitrogens is 3. The van der Waals surface area contributed by atoms with Gasteiger partial charge in [0, 0.05) is 36.9 Å². The largest absolute Gasteiger partial charge is 0.356 e. The third-order valence-electron chi connectivity index (χ3n) is 4.47. The fourth-order valence-electron chi connectivity index (χ4n) is 3.03. The summed E-state index contributed by atoms with van der Waals surface area (Å²) in [6, 6.07) is 10.4. The van der Waals surface area contributed by atoms with Crippen molar-refractivity contribution in [2.45, 2.75) is 33.7 Å². The van der Waals surface area contributed by atoms with Gasteiger partial charge < -0.3 is 10.6 Å². The van der Waals surface area contributed by atoms with E-state index in [0.717, 1.165) is 41.7 Å². The Labute approximate surface area is 193 Å². The number of thiophene rings is 1. The van der Waals surface area contributed by atoms with Crippen molar-refractivity contribution in [1.29, 1.82) is 0 Å². The van der Waals surface area contributed by atoms with Crippen molar-refractivity contribution in [3.05, 3.63) is 63.7 Å². The van der Waals surface area contributed by atoms with Crippen LogP contribution in [0, 0.1) is 19.8 Å². The van der Waals surface area contributed by atoms with Gasteiger partial charge in [0.1, 0.15) is 0 Å². The molecule has 0 aliphatic carbocycles. The molecule has 8 heteroatoms. The molecule has 2 N–H and O–H groups in total. The van der Waals surface area contributed by atoms with Crippen LogP contribution in [0.4, 0.5) is 0 Å². The minimum atomic E-state index is 0. The van der Waals surface area contributed by atoms with Gasteiger partial charge in [-0.2, -0.15) is 5.10 Å². The Morgan fingerprint density at radius 3 is 2.66 bits per heavy atom. The summed E-state index contributed by atoms with van der Waals surface area (Å²) in [5.74, 6) is 2.18. The molecule has 156 valence electrons. The first-order chi connectivity index (χ1) is 13.5. The first kappa shape index (κ1) is 23.3. The molecule has 0 aliphatic heterocycles. The normalized spacial score (nSPS) is 12.3. The lowest BCUT2D eigenvalue weighted by Gasteiger charge is -2.15. The monoisotopic (exact) mass is 524 g/mol. The minimum Gasteiger partial charge on any atom is -0.356 e. The number of guanidine groups is 1. The van der Waals surface area contributed by atoms with Crippen LogP contribution in [0.3, 0.4) is 0 Å². The van der Waals surface area contributed by atoms with Gasteiger partial charge >= 0.3 is 0 Å². The van der Waals surface area contributed by atoms with Crippen LogP contribution in [0.15, 0.2) is 46.9 Å². The summed E-state index contributed by atoms with van der Waals surface area (Å²) in [4.78, 5) is 10.3. The van der Waals surface area contributed by atoms with E-state index >= 15 is 0 Å². The predicted octanol–water partition coefficient (Wildman–Crippen LogP) is 4.11. The molecule has 0 aromatic carbocycles. The summed E-state index contributed by atoms with van der Waals surface area (Å²) in [5.41, 5.74) is 3.17. The zero-order valence-electron chi connectivity index (χ0n) is 17.3. The number of pyridine rings is 1. The second kappa shape index (κ2) is 11.3. The maximum absolute atomic E-state index is 4.54. The van der Waals surface area contributed by atoms with Gasteiger partial charge in [0.2, 0.25) is 0 Å². The van der Waals surface area contributed by atoms with Gasteiger partial charge in [0.25, 0.3) is 0 Å². The third-order valence-corrected chi connectivity index (χ3v) is 5.37. The Bertz CT molecular complexity index is 902. The van der Waals surface area contributed by atoms with Crippen LogP contribution in [0.2, 0.25) is 0 Å². The lowest BCUT2D eigenvalue weighted by atomic mass is 10.1. The number of nitrogens with zero attached hydrogens (tertiary/aromatic N) is 4. The molecule has 0 spiro atoms. The van der Waals surface area contributed by atoms with E-state index in [0.29, 0.717) is 12.5 Å². The van der Waals surface area contributed by atoms with E-state index in [1.807, 2.05) is 48.2 Å². The van der Waals surface area contributed by atoms with Crippen molar-refractivity contribution in [3.63, 3.8) is 0 Å². The van der Waals surface area contributed by atoms with Gasteiger partial charge in [-0.15, -0.1) is 35.3 Å². The maximum Gasteiger partial charge on any atom is 0.191 e. The van der Waals surface area contributed by atoms with Crippen LogP contribution in [0.1, 0.15) is 28.8 Å². The molecule has 3 aromatic heterocycles. The molecule has 3 aromatic rings. The van der Waals surface area contributed by atoms with Crippen molar-refractivity contribution in [3.8, 4) is 5.82 Å². The Balaban J connectivity index is 0.00000300. The number of halogens is 1.